The number of rotatable bonds is 2. The molecule has 0 amide bonds. The number of hydrogen-bond donors (Lipinski definition) is 1. The second-order valence-electron chi connectivity index (χ2n) is 5.86. The molecule has 3 unspecified atom stereocenters. The molecule has 2 fully saturated rings. The highest BCUT2D eigenvalue weighted by atomic mass is 79.9. The highest BCUT2D eigenvalue weighted by Gasteiger charge is 2.43. The van der Waals surface area contributed by atoms with Crippen molar-refractivity contribution in [2.45, 2.75) is 36.4 Å². The molecule has 0 radical (unpaired) electrons. The lowest BCUT2D eigenvalue weighted by Gasteiger charge is -2.29. The first-order valence-corrected chi connectivity index (χ1v) is 9.96. The summed E-state index contributed by atoms with van der Waals surface area (Å²) in [6, 6.07) is 1.91. The molecule has 2 heterocycles. The zero-order valence-electron chi connectivity index (χ0n) is 11.8. The zero-order valence-corrected chi connectivity index (χ0v) is 15.8. The monoisotopic (exact) mass is 414 g/mol. The van der Waals surface area contributed by atoms with Crippen LogP contribution in [0.25, 0.3) is 0 Å². The molecule has 120 valence electrons. The van der Waals surface area contributed by atoms with E-state index >= 15 is 0 Å². The van der Waals surface area contributed by atoms with Crippen LogP contribution in [0, 0.1) is 18.8 Å². The molecular formula is C13H20BrClN2O2S2. The minimum Gasteiger partial charge on any atom is -0.327 e. The fourth-order valence-electron chi connectivity index (χ4n) is 3.36. The lowest BCUT2D eigenvalue weighted by Crippen LogP contribution is -2.38. The van der Waals surface area contributed by atoms with Crippen LogP contribution in [-0.2, 0) is 10.0 Å². The highest BCUT2D eigenvalue weighted by molar-refractivity contribution is 9.11. The van der Waals surface area contributed by atoms with E-state index in [0.29, 0.717) is 29.1 Å². The Kier molecular flexibility index (Phi) is 5.43. The lowest BCUT2D eigenvalue weighted by atomic mass is 9.78. The number of thiophene rings is 1. The van der Waals surface area contributed by atoms with Gasteiger partial charge in [0.1, 0.15) is 4.21 Å². The van der Waals surface area contributed by atoms with Crippen LogP contribution in [0.2, 0.25) is 0 Å². The van der Waals surface area contributed by atoms with Crippen molar-refractivity contribution in [1.29, 1.82) is 0 Å². The third-order valence-corrected chi connectivity index (χ3v) is 8.97. The second kappa shape index (κ2) is 6.45. The van der Waals surface area contributed by atoms with E-state index in [0.717, 1.165) is 28.6 Å². The number of hydrogen-bond acceptors (Lipinski definition) is 4. The molecule has 3 atom stereocenters. The van der Waals surface area contributed by atoms with E-state index in [4.69, 9.17) is 5.73 Å². The van der Waals surface area contributed by atoms with Crippen LogP contribution in [0.5, 0.6) is 0 Å². The molecule has 0 spiro atoms. The Balaban J connectivity index is 0.00000161. The molecule has 0 bridgehead atoms. The molecule has 21 heavy (non-hydrogen) atoms. The number of nitrogens with zero attached hydrogens (tertiary/aromatic N) is 1. The Bertz CT molecular complexity index is 600. The Morgan fingerprint density at radius 3 is 2.67 bits per heavy atom. The van der Waals surface area contributed by atoms with Gasteiger partial charge in [-0.3, -0.25) is 0 Å². The van der Waals surface area contributed by atoms with Gasteiger partial charge in [0.15, 0.2) is 0 Å². The molecule has 1 aliphatic heterocycles. The summed E-state index contributed by atoms with van der Waals surface area (Å²) in [7, 11) is -3.36. The van der Waals surface area contributed by atoms with E-state index in [9.17, 15) is 8.42 Å². The number of fused-ring (bicyclic) bond motifs is 1. The number of aryl methyl sites for hydroxylation is 1. The fraction of sp³-hybridized carbons (Fsp3) is 0.692. The second-order valence-corrected chi connectivity index (χ2v) is 10.4. The average Bonchev–Trinajstić information content (AvgIpc) is 2.96. The van der Waals surface area contributed by atoms with Gasteiger partial charge in [-0.15, -0.1) is 23.7 Å². The molecule has 0 aromatic carbocycles. The molecule has 1 aliphatic carbocycles. The van der Waals surface area contributed by atoms with Crippen molar-refractivity contribution in [2.24, 2.45) is 17.6 Å². The third kappa shape index (κ3) is 3.19. The lowest BCUT2D eigenvalue weighted by molar-refractivity contribution is 0.260. The largest absolute Gasteiger partial charge is 0.327 e. The summed E-state index contributed by atoms with van der Waals surface area (Å²) in [6.45, 7) is 3.14. The standard InChI is InChI=1S/C13H19BrN2O2S2.ClH/c1-8-5-12(19-13(8)14)20(17,18)16-6-9-3-2-4-11(15)10(9)7-16;/h5,9-11H,2-4,6-7,15H2,1H3;1H. The van der Waals surface area contributed by atoms with Gasteiger partial charge in [0, 0.05) is 19.1 Å². The SMILES string of the molecule is Cc1cc(S(=O)(=O)N2CC3CCCC(N)C3C2)sc1Br.Cl. The summed E-state index contributed by atoms with van der Waals surface area (Å²) in [5.41, 5.74) is 7.14. The van der Waals surface area contributed by atoms with E-state index in [2.05, 4.69) is 15.9 Å². The Morgan fingerprint density at radius 1 is 1.38 bits per heavy atom. The van der Waals surface area contributed by atoms with Crippen LogP contribution < -0.4 is 5.73 Å². The highest BCUT2D eigenvalue weighted by Crippen LogP contribution is 2.39. The Hall–Kier alpha value is 0.340. The molecule has 1 saturated carbocycles. The van der Waals surface area contributed by atoms with E-state index in [-0.39, 0.29) is 18.4 Å². The number of sulfonamides is 1. The van der Waals surface area contributed by atoms with Gasteiger partial charge in [-0.05, 0) is 59.2 Å². The van der Waals surface area contributed by atoms with Crippen molar-refractivity contribution in [1.82, 2.24) is 4.31 Å². The summed E-state index contributed by atoms with van der Waals surface area (Å²) in [5.74, 6) is 0.779. The molecule has 1 saturated heterocycles. The van der Waals surface area contributed by atoms with Gasteiger partial charge in [0.05, 0.1) is 3.79 Å². The summed E-state index contributed by atoms with van der Waals surface area (Å²) >= 11 is 4.70. The first-order valence-electron chi connectivity index (χ1n) is 6.91. The maximum Gasteiger partial charge on any atom is 0.252 e. The summed E-state index contributed by atoms with van der Waals surface area (Å²) in [5, 5.41) is 0. The number of nitrogens with two attached hydrogens (primary N) is 1. The molecule has 4 nitrogen and oxygen atoms in total. The fourth-order valence-corrected chi connectivity index (χ4v) is 7.27. The van der Waals surface area contributed by atoms with Crippen LogP contribution in [0.4, 0.5) is 0 Å². The molecule has 3 rings (SSSR count). The van der Waals surface area contributed by atoms with Crippen molar-refractivity contribution >= 4 is 49.7 Å². The minimum atomic E-state index is -3.36. The van der Waals surface area contributed by atoms with Crippen LogP contribution in [0.3, 0.4) is 0 Å². The van der Waals surface area contributed by atoms with Crippen LogP contribution >= 0.6 is 39.7 Å². The zero-order chi connectivity index (χ0) is 14.5. The van der Waals surface area contributed by atoms with Gasteiger partial charge in [0.2, 0.25) is 0 Å². The normalized spacial score (nSPS) is 30.0. The van der Waals surface area contributed by atoms with Gasteiger partial charge in [-0.25, -0.2) is 8.42 Å². The quantitative estimate of drug-likeness (QED) is 0.807. The van der Waals surface area contributed by atoms with Gasteiger partial charge in [0.25, 0.3) is 10.0 Å². The van der Waals surface area contributed by atoms with Gasteiger partial charge < -0.3 is 5.73 Å². The van der Waals surface area contributed by atoms with E-state index in [1.165, 1.54) is 11.3 Å². The summed E-state index contributed by atoms with van der Waals surface area (Å²) in [4.78, 5) is 0. The predicted octanol–water partition coefficient (Wildman–Crippen LogP) is 2.99. The van der Waals surface area contributed by atoms with Gasteiger partial charge in [-0.1, -0.05) is 6.42 Å². The van der Waals surface area contributed by atoms with Crippen LogP contribution in [0.1, 0.15) is 24.8 Å². The number of halogens is 2. The molecule has 1 aromatic heterocycles. The van der Waals surface area contributed by atoms with E-state index < -0.39 is 10.0 Å². The van der Waals surface area contributed by atoms with Gasteiger partial charge >= 0.3 is 0 Å². The maximum absolute atomic E-state index is 12.7. The molecule has 8 heteroatoms. The predicted molar refractivity (Wildman–Crippen MR) is 91.6 cm³/mol. The first-order chi connectivity index (χ1) is 9.39. The summed E-state index contributed by atoms with van der Waals surface area (Å²) in [6.07, 6.45) is 3.26. The molecule has 2 N–H and O–H groups in total. The first kappa shape index (κ1) is 17.7. The van der Waals surface area contributed by atoms with Crippen molar-refractivity contribution in [3.05, 3.63) is 15.4 Å². The van der Waals surface area contributed by atoms with Crippen molar-refractivity contribution in [3.63, 3.8) is 0 Å². The van der Waals surface area contributed by atoms with Gasteiger partial charge in [-0.2, -0.15) is 4.31 Å². The average molecular weight is 416 g/mol. The van der Waals surface area contributed by atoms with Crippen molar-refractivity contribution in [2.75, 3.05) is 13.1 Å². The minimum absolute atomic E-state index is 0. The Labute approximate surface area is 144 Å². The van der Waals surface area contributed by atoms with Crippen LogP contribution in [-0.4, -0.2) is 31.9 Å². The smallest absolute Gasteiger partial charge is 0.252 e. The molecular weight excluding hydrogens is 396 g/mol. The maximum atomic E-state index is 12.7. The van der Waals surface area contributed by atoms with E-state index in [1.54, 1.807) is 10.4 Å². The summed E-state index contributed by atoms with van der Waals surface area (Å²) < 4.78 is 28.4. The third-order valence-electron chi connectivity index (χ3n) is 4.55. The molecule has 1 aromatic rings. The Morgan fingerprint density at radius 2 is 2.10 bits per heavy atom. The van der Waals surface area contributed by atoms with Crippen LogP contribution in [0.15, 0.2) is 14.1 Å². The van der Waals surface area contributed by atoms with Crippen molar-refractivity contribution in [3.8, 4) is 0 Å². The molecule has 2 aliphatic rings. The topological polar surface area (TPSA) is 63.4 Å². The van der Waals surface area contributed by atoms with Crippen molar-refractivity contribution < 1.29 is 8.42 Å². The van der Waals surface area contributed by atoms with E-state index in [1.807, 2.05) is 6.92 Å².